The highest BCUT2D eigenvalue weighted by Gasteiger charge is 2.64. The fraction of sp³-hybridized carbons (Fsp3) is 0.604. The van der Waals surface area contributed by atoms with Gasteiger partial charge in [0, 0.05) is 120 Å². The predicted molar refractivity (Wildman–Crippen MR) is 256 cm³/mol. The highest BCUT2D eigenvalue weighted by molar-refractivity contribution is 8.00. The number of carbonyl (C=O) groups is 1. The zero-order chi connectivity index (χ0) is 47.1. The van der Waals surface area contributed by atoms with Crippen molar-refractivity contribution in [2.45, 2.75) is 108 Å². The van der Waals surface area contributed by atoms with Gasteiger partial charge in [-0.05, 0) is 35.7 Å². The highest BCUT2D eigenvalue weighted by atomic mass is 35.5. The monoisotopic (exact) mass is 952 g/mol. The number of hydrogen-bond donors (Lipinski definition) is 2. The van der Waals surface area contributed by atoms with Crippen LogP contribution in [0.5, 0.6) is 5.75 Å². The van der Waals surface area contributed by atoms with E-state index >= 15 is 0 Å². The normalized spacial score (nSPS) is 32.6. The van der Waals surface area contributed by atoms with Crippen LogP contribution in [0.4, 0.5) is 11.6 Å². The minimum atomic E-state index is -0.582. The summed E-state index contributed by atoms with van der Waals surface area (Å²) in [7, 11) is 0. The zero-order valence-electron chi connectivity index (χ0n) is 39.2. The van der Waals surface area contributed by atoms with E-state index in [0.717, 1.165) is 60.2 Å². The Labute approximate surface area is 401 Å². The largest absolute Gasteiger partial charge is 0.489 e. The number of halogens is 1. The second kappa shape index (κ2) is 17.5. The fourth-order valence-electron chi connectivity index (χ4n) is 12.1. The molecule has 19 heteroatoms. The maximum absolute atomic E-state index is 13.5. The van der Waals surface area contributed by atoms with Gasteiger partial charge in [-0.3, -0.25) is 14.7 Å². The first-order valence-electron chi connectivity index (χ1n) is 23.7. The third kappa shape index (κ3) is 8.11. The number of rotatable bonds is 10. The number of nitrogens with one attached hydrogen (secondary N) is 2. The highest BCUT2D eigenvalue weighted by Crippen LogP contribution is 2.56. The topological polar surface area (TPSA) is 175 Å². The van der Waals surface area contributed by atoms with Crippen LogP contribution < -0.4 is 25.3 Å². The van der Waals surface area contributed by atoms with E-state index in [9.17, 15) is 19.9 Å². The summed E-state index contributed by atoms with van der Waals surface area (Å²) < 4.78 is 13.2. The van der Waals surface area contributed by atoms with Gasteiger partial charge >= 0.3 is 6.23 Å². The fourth-order valence-corrected chi connectivity index (χ4v) is 14.1. The zero-order valence-corrected chi connectivity index (χ0v) is 40.8. The molecule has 1 amide bonds. The molecule has 8 unspecified atom stereocenters. The number of ether oxygens (including phenoxy) is 2. The molecule has 5 saturated heterocycles. The van der Waals surface area contributed by atoms with Gasteiger partial charge in [0.05, 0.1) is 38.9 Å². The molecule has 7 aliphatic rings. The van der Waals surface area contributed by atoms with Gasteiger partial charge in [-0.2, -0.15) is 10.2 Å². The van der Waals surface area contributed by atoms with Crippen LogP contribution in [0.15, 0.2) is 59.9 Å². The summed E-state index contributed by atoms with van der Waals surface area (Å²) in [5.41, 5.74) is 6.53. The molecule has 1 saturated carbocycles. The molecule has 17 nitrogen and oxygen atoms in total. The Morgan fingerprint density at radius 1 is 1.01 bits per heavy atom. The second-order valence-electron chi connectivity index (χ2n) is 20.6. The van der Waals surface area contributed by atoms with Gasteiger partial charge in [-0.15, -0.1) is 17.2 Å². The molecule has 7 heterocycles. The van der Waals surface area contributed by atoms with Gasteiger partial charge in [0.1, 0.15) is 29.4 Å². The van der Waals surface area contributed by atoms with Crippen molar-refractivity contribution in [3.8, 4) is 11.8 Å². The standard InChI is InChI=1S/C48H60ClN12O5S/c1-27-28(2)67-43-39(27)40(53-37(21-38-59(63)18-19-65-38)41-55-61(64)29(3)60(41)43)30-8-11-33(12-9-30)58-25-34(26-58)56-14-16-57(17-15-56)46-51-23-32(24-52-46)42(62)54-44-47(4,5)45(48(44,6)7)66-35-13-10-31(22-50)36(49)20-35/h8-13,20,23-24,27-29,34,37-39,41,43-45H,14-19,21,25-26H2,1-7H3,(H-,54,55,62,64)/q+1/p+1. The van der Waals surface area contributed by atoms with E-state index in [1.165, 1.54) is 5.69 Å². The third-order valence-corrected chi connectivity index (χ3v) is 17.8. The molecule has 1 aromatic heterocycles. The number of nitriles is 1. The first kappa shape index (κ1) is 45.8. The molecule has 2 N–H and O–H groups in total. The van der Waals surface area contributed by atoms with Crippen LogP contribution >= 0.6 is 23.4 Å². The summed E-state index contributed by atoms with van der Waals surface area (Å²) in [4.78, 5) is 64.4. The number of amides is 1. The van der Waals surface area contributed by atoms with Crippen molar-refractivity contribution in [2.75, 3.05) is 62.2 Å². The van der Waals surface area contributed by atoms with E-state index < -0.39 is 6.23 Å². The van der Waals surface area contributed by atoms with E-state index in [2.05, 4.69) is 112 Å². The molecule has 3 aromatic rings. The Morgan fingerprint density at radius 3 is 2.36 bits per heavy atom. The van der Waals surface area contributed by atoms with E-state index in [-0.39, 0.29) is 58.5 Å². The molecule has 6 aliphatic heterocycles. The number of nitrogens with zero attached hydrogens (tertiary/aromatic N) is 10. The summed E-state index contributed by atoms with van der Waals surface area (Å²) in [5.74, 6) is 1.45. The van der Waals surface area contributed by atoms with Crippen molar-refractivity contribution in [3.05, 3.63) is 86.4 Å². The van der Waals surface area contributed by atoms with Crippen LogP contribution in [0.25, 0.3) is 0 Å². The molecule has 8 atom stereocenters. The van der Waals surface area contributed by atoms with Crippen LogP contribution in [-0.4, -0.2) is 147 Å². The quantitative estimate of drug-likeness (QED) is 0.251. The average Bonchev–Trinajstić information content (AvgIpc) is 3.91. The minimum Gasteiger partial charge on any atom is -0.489 e. The number of hydrazine groups is 1. The van der Waals surface area contributed by atoms with Crippen LogP contribution in [0.2, 0.25) is 5.02 Å². The van der Waals surface area contributed by atoms with E-state index in [4.69, 9.17) is 26.1 Å². The Morgan fingerprint density at radius 2 is 1.72 bits per heavy atom. The number of aliphatic imine (C=N–C) groups is 1. The first-order chi connectivity index (χ1) is 32.0. The van der Waals surface area contributed by atoms with E-state index in [1.54, 1.807) is 30.6 Å². The van der Waals surface area contributed by atoms with Crippen LogP contribution in [0.1, 0.15) is 76.4 Å². The smallest absolute Gasteiger partial charge is 0.307 e. The second-order valence-corrected chi connectivity index (χ2v) is 22.5. The molecular formula is C48H61ClN12O5S+2. The Balaban J connectivity index is 0.733. The number of hydrogen-bond acceptors (Lipinski definition) is 14. The molecule has 6 fully saturated rings. The Bertz CT molecular complexity index is 2470. The molecule has 0 radical (unpaired) electrons. The number of piperazine rings is 1. The number of carbonyl (C=O) groups excluding carboxylic acids is 1. The molecule has 67 heavy (non-hydrogen) atoms. The molecule has 1 aliphatic carbocycles. The van der Waals surface area contributed by atoms with Crippen LogP contribution in [0.3, 0.4) is 0 Å². The van der Waals surface area contributed by atoms with Gasteiger partial charge < -0.3 is 24.6 Å². The number of nitroso groups, excluding NO2 is 2. The number of aromatic nitrogens is 2. The van der Waals surface area contributed by atoms with Gasteiger partial charge in [0.25, 0.3) is 12.1 Å². The Hall–Kier alpha value is -4.93. The van der Waals surface area contributed by atoms with Crippen molar-refractivity contribution in [2.24, 2.45) is 27.7 Å². The van der Waals surface area contributed by atoms with Gasteiger partial charge in [-0.1, -0.05) is 65.3 Å². The molecule has 354 valence electrons. The number of anilines is 2. The number of benzene rings is 2. The lowest BCUT2D eigenvalue weighted by Crippen LogP contribution is -2.74. The minimum absolute atomic E-state index is 0.0692. The third-order valence-electron chi connectivity index (χ3n) is 15.8. The number of fused-ring (bicyclic) bond motifs is 3. The SMILES string of the molecule is CC1SC2C(C(c3ccc(N4CC(N5CCN(c6ncc(C(=O)NC7C(C)(C)C(Oc8ccc(C#N)c(Cl)c8)C7(C)C)cn6)CC5)C4)cc3)=NC(CC3OCC[N+]3=O)C3N[N+](=O)C(C)N32)C1C. The molecule has 0 bridgehead atoms. The molecule has 2 aromatic carbocycles. The maximum Gasteiger partial charge on any atom is 0.307 e. The summed E-state index contributed by atoms with van der Waals surface area (Å²) in [6.07, 6.45) is 2.16. The summed E-state index contributed by atoms with van der Waals surface area (Å²) in [6, 6.07) is 15.9. The van der Waals surface area contributed by atoms with E-state index in [1.807, 2.05) is 18.7 Å². The van der Waals surface area contributed by atoms with Gasteiger partial charge in [0.2, 0.25) is 12.5 Å². The molecular weight excluding hydrogens is 892 g/mol. The molecule has 10 rings (SSSR count). The first-order valence-corrected chi connectivity index (χ1v) is 25.0. The Kier molecular flexibility index (Phi) is 12.0. The van der Waals surface area contributed by atoms with Gasteiger partial charge in [-0.25, -0.2) is 9.97 Å². The average molecular weight is 954 g/mol. The van der Waals surface area contributed by atoms with Crippen molar-refractivity contribution in [1.29, 1.82) is 5.26 Å². The number of thioether (sulfide) groups is 1. The predicted octanol–water partition coefficient (Wildman–Crippen LogP) is 5.31. The summed E-state index contributed by atoms with van der Waals surface area (Å²) >= 11 is 8.19. The van der Waals surface area contributed by atoms with Crippen molar-refractivity contribution < 1.29 is 23.9 Å². The lowest BCUT2D eigenvalue weighted by atomic mass is 9.49. The van der Waals surface area contributed by atoms with Crippen molar-refractivity contribution >= 4 is 46.6 Å². The summed E-state index contributed by atoms with van der Waals surface area (Å²) in [5, 5.41) is 13.3. The maximum atomic E-state index is 13.5. The van der Waals surface area contributed by atoms with E-state index in [0.29, 0.717) is 64.6 Å². The lowest BCUT2D eigenvalue weighted by molar-refractivity contribution is -0.626. The van der Waals surface area contributed by atoms with Crippen LogP contribution in [-0.2, 0) is 4.74 Å². The van der Waals surface area contributed by atoms with Crippen molar-refractivity contribution in [1.82, 2.24) is 30.5 Å². The summed E-state index contributed by atoms with van der Waals surface area (Å²) in [6.45, 7) is 20.9. The van der Waals surface area contributed by atoms with Crippen LogP contribution in [0, 0.1) is 43.8 Å². The van der Waals surface area contributed by atoms with Gasteiger partial charge in [0.15, 0.2) is 6.17 Å². The van der Waals surface area contributed by atoms with Crippen molar-refractivity contribution in [3.63, 3.8) is 0 Å². The lowest BCUT2D eigenvalue weighted by Gasteiger charge is -2.63. The molecule has 0 spiro atoms.